The van der Waals surface area contributed by atoms with E-state index >= 15 is 0 Å². The van der Waals surface area contributed by atoms with Gasteiger partial charge in [0.2, 0.25) is 0 Å². The third-order valence-corrected chi connectivity index (χ3v) is 4.93. The summed E-state index contributed by atoms with van der Waals surface area (Å²) in [6, 6.07) is 0. The topological polar surface area (TPSA) is 86.9 Å². The van der Waals surface area contributed by atoms with Gasteiger partial charge in [-0.3, -0.25) is 5.10 Å². The lowest BCUT2D eigenvalue weighted by atomic mass is 10.2. The third-order valence-electron chi connectivity index (χ3n) is 2.59. The van der Waals surface area contributed by atoms with Crippen LogP contribution in [0.25, 0.3) is 0 Å². The first kappa shape index (κ1) is 16.5. The highest BCUT2D eigenvalue weighted by molar-refractivity contribution is 7.98. The van der Waals surface area contributed by atoms with Crippen LogP contribution in [-0.2, 0) is 16.6 Å². The first-order valence-electron chi connectivity index (χ1n) is 6.22. The quantitative estimate of drug-likeness (QED) is 0.628. The molecule has 0 aliphatic heterocycles. The van der Waals surface area contributed by atoms with Gasteiger partial charge in [-0.15, -0.1) is 0 Å². The fourth-order valence-electron chi connectivity index (χ4n) is 1.59. The number of thioether (sulfide) groups is 1. The van der Waals surface area contributed by atoms with Crippen molar-refractivity contribution >= 4 is 21.8 Å². The second kappa shape index (κ2) is 7.88. The lowest BCUT2D eigenvalue weighted by Gasteiger charge is -2.11. The largest absolute Gasteiger partial charge is 0.313 e. The number of rotatable bonds is 9. The summed E-state index contributed by atoms with van der Waals surface area (Å²) in [6.07, 6.45) is 3.55. The zero-order valence-electron chi connectivity index (χ0n) is 11.6. The van der Waals surface area contributed by atoms with E-state index < -0.39 is 10.0 Å². The predicted molar refractivity (Wildman–Crippen MR) is 78.7 cm³/mol. The predicted octanol–water partition coefficient (Wildman–Crippen LogP) is 0.797. The summed E-state index contributed by atoms with van der Waals surface area (Å²) in [5, 5.41) is 9.63. The minimum atomic E-state index is -3.51. The van der Waals surface area contributed by atoms with Crippen LogP contribution in [0, 0.1) is 5.92 Å². The maximum Gasteiger partial charge on any atom is 0.257 e. The Kier molecular flexibility index (Phi) is 6.84. The van der Waals surface area contributed by atoms with Crippen LogP contribution in [0.4, 0.5) is 0 Å². The van der Waals surface area contributed by atoms with Crippen LogP contribution in [0.2, 0.25) is 0 Å². The molecule has 19 heavy (non-hydrogen) atoms. The average Bonchev–Trinajstić information content (AvgIpc) is 2.83. The van der Waals surface area contributed by atoms with Gasteiger partial charge in [-0.25, -0.2) is 13.1 Å². The first-order chi connectivity index (χ1) is 9.01. The van der Waals surface area contributed by atoms with Gasteiger partial charge in [0.15, 0.2) is 5.03 Å². The van der Waals surface area contributed by atoms with Crippen molar-refractivity contribution in [3.63, 3.8) is 0 Å². The molecule has 0 saturated carbocycles. The van der Waals surface area contributed by atoms with Crippen molar-refractivity contribution in [1.29, 1.82) is 0 Å². The molecule has 110 valence electrons. The number of hydrogen-bond donors (Lipinski definition) is 3. The highest BCUT2D eigenvalue weighted by Gasteiger charge is 2.20. The van der Waals surface area contributed by atoms with E-state index in [-0.39, 0.29) is 5.03 Å². The molecule has 3 N–H and O–H groups in total. The Morgan fingerprint density at radius 2 is 2.26 bits per heavy atom. The van der Waals surface area contributed by atoms with Crippen LogP contribution < -0.4 is 10.0 Å². The van der Waals surface area contributed by atoms with E-state index in [1.165, 1.54) is 0 Å². The van der Waals surface area contributed by atoms with Gasteiger partial charge in [-0.2, -0.15) is 16.9 Å². The molecule has 1 heterocycles. The van der Waals surface area contributed by atoms with E-state index in [0.29, 0.717) is 24.6 Å². The van der Waals surface area contributed by atoms with Gasteiger partial charge in [-0.1, -0.05) is 13.8 Å². The monoisotopic (exact) mass is 306 g/mol. The molecule has 0 saturated heterocycles. The molecule has 1 aromatic rings. The Morgan fingerprint density at radius 3 is 2.89 bits per heavy atom. The van der Waals surface area contributed by atoms with Gasteiger partial charge in [0.1, 0.15) is 0 Å². The van der Waals surface area contributed by atoms with Gasteiger partial charge in [0, 0.05) is 18.7 Å². The number of H-pyrrole nitrogens is 1. The zero-order valence-corrected chi connectivity index (χ0v) is 13.2. The molecule has 0 amide bonds. The fraction of sp³-hybridized carbons (Fsp3) is 0.727. The Balaban J connectivity index is 2.69. The molecular formula is C11H22N4O2S2. The molecule has 0 spiro atoms. The third kappa shape index (κ3) is 5.13. The van der Waals surface area contributed by atoms with E-state index in [1.807, 2.05) is 20.1 Å². The fourth-order valence-corrected chi connectivity index (χ4v) is 3.56. The zero-order chi connectivity index (χ0) is 14.3. The molecule has 0 aliphatic rings. The van der Waals surface area contributed by atoms with E-state index in [2.05, 4.69) is 20.2 Å². The molecular weight excluding hydrogens is 284 g/mol. The summed E-state index contributed by atoms with van der Waals surface area (Å²) in [5.41, 5.74) is 0.659. The molecule has 0 radical (unpaired) electrons. The average molecular weight is 306 g/mol. The highest BCUT2D eigenvalue weighted by atomic mass is 32.2. The van der Waals surface area contributed by atoms with E-state index in [4.69, 9.17) is 0 Å². The summed E-state index contributed by atoms with van der Waals surface area (Å²) in [4.78, 5) is 0. The van der Waals surface area contributed by atoms with Crippen LogP contribution in [-0.4, -0.2) is 43.7 Å². The molecule has 6 nitrogen and oxygen atoms in total. The molecule has 0 aliphatic carbocycles. The van der Waals surface area contributed by atoms with Crippen molar-refractivity contribution in [3.8, 4) is 0 Å². The lowest BCUT2D eigenvalue weighted by Crippen LogP contribution is -2.30. The number of nitrogens with zero attached hydrogens (tertiary/aromatic N) is 1. The van der Waals surface area contributed by atoms with E-state index in [1.54, 1.807) is 18.0 Å². The number of nitrogens with one attached hydrogen (secondary N) is 3. The molecule has 1 rings (SSSR count). The molecule has 0 fully saturated rings. The summed E-state index contributed by atoms with van der Waals surface area (Å²) < 4.78 is 27.0. The van der Waals surface area contributed by atoms with E-state index in [9.17, 15) is 8.42 Å². The first-order valence-corrected chi connectivity index (χ1v) is 9.10. The smallest absolute Gasteiger partial charge is 0.257 e. The summed E-state index contributed by atoms with van der Waals surface area (Å²) in [6.45, 7) is 5.69. The van der Waals surface area contributed by atoms with Crippen LogP contribution >= 0.6 is 11.8 Å². The molecule has 0 bridgehead atoms. The lowest BCUT2D eigenvalue weighted by molar-refractivity contribution is 0.557. The van der Waals surface area contributed by atoms with Crippen molar-refractivity contribution in [2.24, 2.45) is 5.92 Å². The van der Waals surface area contributed by atoms with Gasteiger partial charge < -0.3 is 5.32 Å². The molecule has 0 aromatic carbocycles. The Bertz CT molecular complexity index is 473. The number of aromatic amines is 1. The number of sulfonamides is 1. The Morgan fingerprint density at radius 1 is 1.53 bits per heavy atom. The van der Waals surface area contributed by atoms with Crippen LogP contribution in [0.5, 0.6) is 0 Å². The number of aromatic nitrogens is 2. The van der Waals surface area contributed by atoms with Gasteiger partial charge >= 0.3 is 0 Å². The maximum absolute atomic E-state index is 12.2. The second-order valence-electron chi connectivity index (χ2n) is 4.42. The van der Waals surface area contributed by atoms with Gasteiger partial charge in [0.25, 0.3) is 10.0 Å². The van der Waals surface area contributed by atoms with Gasteiger partial charge in [-0.05, 0) is 24.5 Å². The molecule has 1 atom stereocenters. The standard InChI is InChI=1S/C11H22N4O2S2/c1-4-12-6-10-7-13-15-11(10)19(16,17)14-5-9(2)8-18-3/h7,9,12,14H,4-6,8H2,1-3H3,(H,13,15). The molecule has 1 aromatic heterocycles. The normalized spacial score (nSPS) is 13.6. The van der Waals surface area contributed by atoms with Crippen molar-refractivity contribution in [2.75, 3.05) is 25.1 Å². The summed E-state index contributed by atoms with van der Waals surface area (Å²) in [7, 11) is -3.51. The second-order valence-corrected chi connectivity index (χ2v) is 7.03. The van der Waals surface area contributed by atoms with Gasteiger partial charge in [0.05, 0.1) is 6.20 Å². The van der Waals surface area contributed by atoms with Crippen molar-refractivity contribution < 1.29 is 8.42 Å². The SMILES string of the molecule is CCNCc1cn[nH]c1S(=O)(=O)NCC(C)CSC. The molecule has 1 unspecified atom stereocenters. The maximum atomic E-state index is 12.2. The Labute approximate surface area is 119 Å². The Hall–Kier alpha value is -0.570. The van der Waals surface area contributed by atoms with Crippen LogP contribution in [0.3, 0.4) is 0 Å². The van der Waals surface area contributed by atoms with E-state index in [0.717, 1.165) is 12.3 Å². The minimum Gasteiger partial charge on any atom is -0.313 e. The highest BCUT2D eigenvalue weighted by Crippen LogP contribution is 2.12. The van der Waals surface area contributed by atoms with Crippen molar-refractivity contribution in [3.05, 3.63) is 11.8 Å². The summed E-state index contributed by atoms with van der Waals surface area (Å²) in [5.74, 6) is 1.22. The molecule has 8 heteroatoms. The van der Waals surface area contributed by atoms with Crippen LogP contribution in [0.1, 0.15) is 19.4 Å². The minimum absolute atomic E-state index is 0.157. The van der Waals surface area contributed by atoms with Crippen molar-refractivity contribution in [1.82, 2.24) is 20.2 Å². The van der Waals surface area contributed by atoms with Crippen molar-refractivity contribution in [2.45, 2.75) is 25.4 Å². The van der Waals surface area contributed by atoms with Crippen LogP contribution in [0.15, 0.2) is 11.2 Å². The summed E-state index contributed by atoms with van der Waals surface area (Å²) >= 11 is 1.71. The number of hydrogen-bond acceptors (Lipinski definition) is 5.